The lowest BCUT2D eigenvalue weighted by atomic mass is 9.51. The van der Waals surface area contributed by atoms with E-state index in [1.807, 2.05) is 6.07 Å². The Balaban J connectivity index is 0.00000171. The van der Waals surface area contributed by atoms with Gasteiger partial charge in [0, 0.05) is 23.6 Å². The van der Waals surface area contributed by atoms with Crippen molar-refractivity contribution in [2.75, 3.05) is 19.7 Å². The molecule has 0 saturated carbocycles. The summed E-state index contributed by atoms with van der Waals surface area (Å²) in [6.45, 7) is 8.91. The van der Waals surface area contributed by atoms with Crippen molar-refractivity contribution < 1.29 is 18.6 Å². The van der Waals surface area contributed by atoms with Gasteiger partial charge in [-0.25, -0.2) is 8.78 Å². The number of likely N-dealkylation sites (tertiary alicyclic amines) is 1. The first kappa shape index (κ1) is 25.9. The maximum Gasteiger partial charge on any atom is 0.131 e. The number of phenols is 1. The van der Waals surface area contributed by atoms with Crippen LogP contribution in [0.3, 0.4) is 0 Å². The van der Waals surface area contributed by atoms with E-state index in [1.54, 1.807) is 6.07 Å². The highest BCUT2D eigenvalue weighted by Crippen LogP contribution is 2.57. The topological polar surface area (TPSA) is 32.7 Å². The number of hydrogen-bond donors (Lipinski definition) is 1. The zero-order valence-electron chi connectivity index (χ0n) is 18.2. The number of phenolic OH excluding ortho intramolecular Hbond substituents is 1. The molecule has 1 saturated heterocycles. The minimum absolute atomic E-state index is 0. The number of rotatable bonds is 5. The molecule has 0 spiro atoms. The van der Waals surface area contributed by atoms with Crippen molar-refractivity contribution in [3.05, 3.63) is 64.7 Å². The van der Waals surface area contributed by atoms with Gasteiger partial charge in [-0.1, -0.05) is 39.0 Å². The maximum absolute atomic E-state index is 13.8. The van der Waals surface area contributed by atoms with E-state index in [0.717, 1.165) is 24.9 Å². The van der Waals surface area contributed by atoms with Crippen LogP contribution in [-0.4, -0.2) is 35.7 Å². The van der Waals surface area contributed by atoms with Crippen LogP contribution in [0, 0.1) is 17.0 Å². The van der Waals surface area contributed by atoms with Crippen molar-refractivity contribution in [2.24, 2.45) is 5.41 Å². The number of ether oxygens (including phenoxy) is 1. The number of nitrogens with zero attached hydrogens (tertiary/aromatic N) is 1. The van der Waals surface area contributed by atoms with Crippen LogP contribution in [0.5, 0.6) is 5.75 Å². The lowest BCUT2D eigenvalue weighted by molar-refractivity contribution is -0.0498. The first-order chi connectivity index (χ1) is 13.8. The van der Waals surface area contributed by atoms with Gasteiger partial charge in [0.05, 0.1) is 13.2 Å². The summed E-state index contributed by atoms with van der Waals surface area (Å²) in [4.78, 5) is 2.41. The van der Waals surface area contributed by atoms with Crippen molar-refractivity contribution in [3.63, 3.8) is 0 Å². The van der Waals surface area contributed by atoms with Gasteiger partial charge in [0.2, 0.25) is 0 Å². The lowest BCUT2D eigenvalue weighted by Gasteiger charge is -2.61. The van der Waals surface area contributed by atoms with Crippen LogP contribution in [0.4, 0.5) is 8.78 Å². The first-order valence-corrected chi connectivity index (χ1v) is 10.3. The molecule has 4 rings (SSSR count). The van der Waals surface area contributed by atoms with E-state index in [2.05, 4.69) is 31.7 Å². The first-order valence-electron chi connectivity index (χ1n) is 10.3. The molecule has 2 aliphatic rings. The number of fused-ring (bicyclic) bond motifs is 4. The maximum atomic E-state index is 13.8. The molecule has 0 unspecified atom stereocenters. The predicted octanol–water partition coefficient (Wildman–Crippen LogP) is 5.65. The van der Waals surface area contributed by atoms with Crippen LogP contribution < -0.4 is 0 Å². The number of hydrogen-bond acceptors (Lipinski definition) is 3. The second kappa shape index (κ2) is 9.62. The molecule has 2 aromatic rings. The monoisotopic (exact) mass is 473 g/mol. The standard InChI is InChI=1S/C24H29F2NO2.2ClH/c1-23(2)22-14-16-18(6-4-9-21(16)28)24(23,3)10-11-27(22)12-13-29-15-17-19(25)7-5-8-20(17)26;;/h4-9,22,28H,10-15H2,1-3H3;2*1H/t22-,24+;;/m1../s1. The van der Waals surface area contributed by atoms with Gasteiger partial charge < -0.3 is 9.84 Å². The van der Waals surface area contributed by atoms with Crippen LogP contribution in [0.15, 0.2) is 36.4 Å². The summed E-state index contributed by atoms with van der Waals surface area (Å²) in [6, 6.07) is 10.0. The smallest absolute Gasteiger partial charge is 0.131 e. The summed E-state index contributed by atoms with van der Waals surface area (Å²) < 4.78 is 33.2. The second-order valence-corrected chi connectivity index (χ2v) is 9.12. The van der Waals surface area contributed by atoms with E-state index in [-0.39, 0.29) is 53.9 Å². The summed E-state index contributed by atoms with van der Waals surface area (Å²) in [7, 11) is 0. The molecule has 0 aromatic heterocycles. The second-order valence-electron chi connectivity index (χ2n) is 9.12. The molecule has 1 aliphatic carbocycles. The van der Waals surface area contributed by atoms with E-state index >= 15 is 0 Å². The van der Waals surface area contributed by atoms with Gasteiger partial charge in [-0.15, -0.1) is 24.8 Å². The zero-order valence-corrected chi connectivity index (χ0v) is 19.8. The van der Waals surface area contributed by atoms with E-state index in [1.165, 1.54) is 23.8 Å². The third-order valence-electron chi connectivity index (χ3n) is 7.57. The third-order valence-corrected chi connectivity index (χ3v) is 7.57. The zero-order chi connectivity index (χ0) is 20.8. The van der Waals surface area contributed by atoms with Crippen molar-refractivity contribution in [1.82, 2.24) is 4.90 Å². The Morgan fingerprint density at radius 3 is 2.39 bits per heavy atom. The Kier molecular flexibility index (Phi) is 8.02. The summed E-state index contributed by atoms with van der Waals surface area (Å²) in [5.41, 5.74) is 2.33. The molecule has 0 radical (unpaired) electrons. The van der Waals surface area contributed by atoms with Crippen LogP contribution in [0.1, 0.15) is 43.9 Å². The molecule has 1 heterocycles. The molecule has 1 aliphatic heterocycles. The molecule has 1 N–H and O–H groups in total. The van der Waals surface area contributed by atoms with Crippen molar-refractivity contribution in [3.8, 4) is 5.75 Å². The lowest BCUT2D eigenvalue weighted by Crippen LogP contribution is -2.64. The largest absolute Gasteiger partial charge is 0.508 e. The van der Waals surface area contributed by atoms with Crippen LogP contribution in [0.25, 0.3) is 0 Å². The highest BCUT2D eigenvalue weighted by Gasteiger charge is 2.56. The Hall–Kier alpha value is -1.40. The van der Waals surface area contributed by atoms with Crippen LogP contribution in [-0.2, 0) is 23.2 Å². The van der Waals surface area contributed by atoms with Gasteiger partial charge in [-0.2, -0.15) is 0 Å². The number of piperidine rings is 1. The van der Waals surface area contributed by atoms with E-state index < -0.39 is 11.6 Å². The SMILES string of the molecule is CC1(C)[C@H]2Cc3c(O)cccc3[C@]1(C)CCN2CCOCc1c(F)cccc1F.Cl.Cl. The average molecular weight is 474 g/mol. The van der Waals surface area contributed by atoms with Gasteiger partial charge in [-0.3, -0.25) is 4.90 Å². The van der Waals surface area contributed by atoms with Gasteiger partial charge >= 0.3 is 0 Å². The van der Waals surface area contributed by atoms with Crippen molar-refractivity contribution in [1.29, 1.82) is 0 Å². The Morgan fingerprint density at radius 1 is 1.06 bits per heavy atom. The fourth-order valence-corrected chi connectivity index (χ4v) is 5.33. The molecule has 2 aromatic carbocycles. The van der Waals surface area contributed by atoms with Gasteiger partial charge in [0.1, 0.15) is 17.4 Å². The molecule has 0 amide bonds. The quantitative estimate of drug-likeness (QED) is 0.569. The highest BCUT2D eigenvalue weighted by molar-refractivity contribution is 5.85. The van der Waals surface area contributed by atoms with Crippen molar-refractivity contribution >= 4 is 24.8 Å². The third kappa shape index (κ3) is 4.30. The molecule has 7 heteroatoms. The molecule has 3 nitrogen and oxygen atoms in total. The fourth-order valence-electron chi connectivity index (χ4n) is 5.33. The predicted molar refractivity (Wildman–Crippen MR) is 123 cm³/mol. The van der Waals surface area contributed by atoms with E-state index in [0.29, 0.717) is 18.9 Å². The minimum Gasteiger partial charge on any atom is -0.508 e. The normalized spacial score (nSPS) is 24.0. The highest BCUT2D eigenvalue weighted by atomic mass is 35.5. The molecular weight excluding hydrogens is 443 g/mol. The van der Waals surface area contributed by atoms with Gasteiger partial charge in [-0.05, 0) is 54.1 Å². The molecule has 1 fully saturated rings. The molecule has 2 bridgehead atoms. The van der Waals surface area contributed by atoms with Crippen molar-refractivity contribution in [2.45, 2.75) is 51.7 Å². The molecule has 172 valence electrons. The molecule has 31 heavy (non-hydrogen) atoms. The molecule has 2 atom stereocenters. The summed E-state index contributed by atoms with van der Waals surface area (Å²) in [5.74, 6) is -0.763. The van der Waals surface area contributed by atoms with Crippen LogP contribution in [0.2, 0.25) is 0 Å². The number of halogens is 4. The number of aromatic hydroxyl groups is 1. The Bertz CT molecular complexity index is 904. The van der Waals surface area contributed by atoms with Crippen LogP contribution >= 0.6 is 24.8 Å². The number of benzene rings is 2. The average Bonchev–Trinajstić information content (AvgIpc) is 2.66. The Morgan fingerprint density at radius 2 is 1.71 bits per heavy atom. The summed E-state index contributed by atoms with van der Waals surface area (Å²) in [5, 5.41) is 10.5. The minimum atomic E-state index is -0.570. The van der Waals surface area contributed by atoms with Gasteiger partial charge in [0.15, 0.2) is 0 Å². The summed E-state index contributed by atoms with van der Waals surface area (Å²) in [6.07, 6.45) is 1.79. The molecular formula is C24H31Cl2F2NO2. The van der Waals surface area contributed by atoms with E-state index in [4.69, 9.17) is 4.74 Å². The van der Waals surface area contributed by atoms with E-state index in [9.17, 15) is 13.9 Å². The van der Waals surface area contributed by atoms with Gasteiger partial charge in [0.25, 0.3) is 0 Å². The Labute approximate surface area is 195 Å². The fraction of sp³-hybridized carbons (Fsp3) is 0.500. The summed E-state index contributed by atoms with van der Waals surface area (Å²) >= 11 is 0.